The van der Waals surface area contributed by atoms with Gasteiger partial charge in [-0.15, -0.1) is 0 Å². The molecule has 0 saturated heterocycles. The second-order valence-corrected chi connectivity index (χ2v) is 6.16. The molecule has 8 nitrogen and oxygen atoms in total. The molecule has 0 atom stereocenters. The summed E-state index contributed by atoms with van der Waals surface area (Å²) in [7, 11) is 1.53. The molecule has 0 unspecified atom stereocenters. The number of H-pyrrole nitrogens is 1. The van der Waals surface area contributed by atoms with Crippen molar-refractivity contribution in [1.29, 1.82) is 0 Å². The Morgan fingerprint density at radius 3 is 2.72 bits per heavy atom. The third-order valence-corrected chi connectivity index (χ3v) is 4.36. The summed E-state index contributed by atoms with van der Waals surface area (Å²) in [5, 5.41) is 16.5. The van der Waals surface area contributed by atoms with Crippen LogP contribution in [0, 0.1) is 0 Å². The molecular weight excluding hydrogens is 374 g/mol. The van der Waals surface area contributed by atoms with Crippen molar-refractivity contribution in [1.82, 2.24) is 10.3 Å². The number of nitrogens with one attached hydrogen (secondary N) is 1. The highest BCUT2D eigenvalue weighted by Crippen LogP contribution is 2.16. The number of methoxy groups -OCH3 is 1. The maximum atomic E-state index is 12.6. The van der Waals surface area contributed by atoms with Crippen molar-refractivity contribution in [2.45, 2.75) is 0 Å². The summed E-state index contributed by atoms with van der Waals surface area (Å²) < 4.78 is 10.9. The van der Waals surface area contributed by atoms with Gasteiger partial charge >= 0.3 is 5.69 Å². The van der Waals surface area contributed by atoms with Gasteiger partial charge in [-0.2, -0.15) is 0 Å². The van der Waals surface area contributed by atoms with Gasteiger partial charge in [0.15, 0.2) is 5.95 Å². The number of allylic oxidation sites excluding steroid dienone is 1. The number of aromatic nitrogens is 3. The second kappa shape index (κ2) is 7.43. The Balaban J connectivity index is 1.68. The first kappa shape index (κ1) is 18.2. The minimum Gasteiger partial charge on any atom is -0.539 e. The van der Waals surface area contributed by atoms with Crippen LogP contribution in [0.25, 0.3) is 22.7 Å². The van der Waals surface area contributed by atoms with E-state index < -0.39 is 11.7 Å². The molecule has 0 radical (unpaired) electrons. The van der Waals surface area contributed by atoms with Crippen LogP contribution in [0.5, 0.6) is 11.7 Å². The van der Waals surface area contributed by atoms with Crippen LogP contribution in [0.2, 0.25) is 0 Å². The summed E-state index contributed by atoms with van der Waals surface area (Å²) >= 11 is 0. The number of hydrogen-bond acceptors (Lipinski definition) is 6. The molecular formula is C21H15N3O5. The van der Waals surface area contributed by atoms with Gasteiger partial charge < -0.3 is 19.4 Å². The summed E-state index contributed by atoms with van der Waals surface area (Å²) in [6.07, 6.45) is 2.51. The average Bonchev–Trinajstić information content (AvgIpc) is 3.13. The highest BCUT2D eigenvalue weighted by atomic mass is 16.6. The van der Waals surface area contributed by atoms with E-state index in [-0.39, 0.29) is 16.8 Å². The van der Waals surface area contributed by atoms with E-state index in [4.69, 9.17) is 4.74 Å². The number of nitrogens with zero attached hydrogens (tertiary/aromatic N) is 2. The van der Waals surface area contributed by atoms with E-state index in [2.05, 4.69) is 14.8 Å². The lowest BCUT2D eigenvalue weighted by Crippen LogP contribution is -2.38. The Hall–Kier alpha value is -4.20. The standard InChI is InChI=1S/C21H15N3O5/c1-28-16-9-7-15(8-10-16)24-19(21(27)29-23-24)18(25)11-6-14-12-13-4-2-3-5-17(13)22-20(14)26/h2-12H,1H3,(H-,22,23,25,26,27). The van der Waals surface area contributed by atoms with Crippen molar-refractivity contribution in [2.75, 3.05) is 7.11 Å². The van der Waals surface area contributed by atoms with E-state index in [0.29, 0.717) is 17.0 Å². The largest absolute Gasteiger partial charge is 0.539 e. The molecule has 0 bridgehead atoms. The molecule has 2 aromatic carbocycles. The summed E-state index contributed by atoms with van der Waals surface area (Å²) in [6.45, 7) is 0. The van der Waals surface area contributed by atoms with Crippen LogP contribution in [0.3, 0.4) is 0 Å². The second-order valence-electron chi connectivity index (χ2n) is 6.16. The molecule has 0 aliphatic rings. The topological polar surface area (TPSA) is 112 Å². The van der Waals surface area contributed by atoms with Gasteiger partial charge in [0.2, 0.25) is 5.69 Å². The first-order chi connectivity index (χ1) is 14.1. The first-order valence-corrected chi connectivity index (χ1v) is 8.65. The van der Waals surface area contributed by atoms with Crippen LogP contribution in [0.1, 0.15) is 16.1 Å². The maximum absolute atomic E-state index is 12.6. The molecule has 0 spiro atoms. The van der Waals surface area contributed by atoms with Crippen molar-refractivity contribution in [2.24, 2.45) is 0 Å². The number of ether oxygens (including phenoxy) is 1. The number of pyridine rings is 1. The third-order valence-electron chi connectivity index (χ3n) is 4.36. The van der Waals surface area contributed by atoms with Gasteiger partial charge in [-0.1, -0.05) is 18.2 Å². The fourth-order valence-electron chi connectivity index (χ4n) is 2.89. The Kier molecular flexibility index (Phi) is 4.66. The number of aromatic amines is 1. The van der Waals surface area contributed by atoms with Gasteiger partial charge in [0.1, 0.15) is 5.75 Å². The van der Waals surface area contributed by atoms with Gasteiger partial charge in [-0.05, 0) is 46.5 Å². The maximum Gasteiger partial charge on any atom is 0.310 e. The van der Waals surface area contributed by atoms with E-state index in [1.165, 1.54) is 13.2 Å². The van der Waals surface area contributed by atoms with Gasteiger partial charge in [-0.3, -0.25) is 9.59 Å². The van der Waals surface area contributed by atoms with E-state index in [1.807, 2.05) is 18.2 Å². The molecule has 8 heteroatoms. The number of carbonyl (C=O) groups is 1. The Morgan fingerprint density at radius 1 is 1.21 bits per heavy atom. The molecule has 0 fully saturated rings. The number of rotatable bonds is 5. The lowest BCUT2D eigenvalue weighted by molar-refractivity contribution is -0.672. The number of fused-ring (bicyclic) bond motifs is 1. The molecule has 0 aliphatic carbocycles. The molecule has 1 N–H and O–H groups in total. The van der Waals surface area contributed by atoms with Crippen molar-refractivity contribution in [3.63, 3.8) is 0 Å². The quantitative estimate of drug-likeness (QED) is 0.316. The van der Waals surface area contributed by atoms with Crippen molar-refractivity contribution < 1.29 is 23.8 Å². The van der Waals surface area contributed by atoms with Crippen molar-refractivity contribution in [3.05, 3.63) is 82.3 Å². The molecule has 4 rings (SSSR count). The Bertz CT molecular complexity index is 1290. The number of para-hydroxylation sites is 1. The zero-order valence-electron chi connectivity index (χ0n) is 15.3. The molecule has 144 valence electrons. The lowest BCUT2D eigenvalue weighted by Gasteiger charge is -1.99. The summed E-state index contributed by atoms with van der Waals surface area (Å²) in [5.41, 5.74) is 0.820. The number of ketones is 1. The Labute approximate surface area is 164 Å². The van der Waals surface area contributed by atoms with E-state index in [0.717, 1.165) is 16.1 Å². The fourth-order valence-corrected chi connectivity index (χ4v) is 2.89. The van der Waals surface area contributed by atoms with Gasteiger partial charge in [0.05, 0.1) is 12.4 Å². The third kappa shape index (κ3) is 3.51. The van der Waals surface area contributed by atoms with Gasteiger partial charge in [-0.25, -0.2) is 0 Å². The molecule has 4 aromatic rings. The molecule has 0 saturated carbocycles. The van der Waals surface area contributed by atoms with Crippen LogP contribution < -0.4 is 20.1 Å². The smallest absolute Gasteiger partial charge is 0.310 e. The number of hydrogen-bond donors (Lipinski definition) is 1. The minimum atomic E-state index is -0.872. The molecule has 2 aromatic heterocycles. The predicted octanol–water partition coefficient (Wildman–Crippen LogP) is 1.77. The van der Waals surface area contributed by atoms with Crippen LogP contribution in [0.4, 0.5) is 0 Å². The minimum absolute atomic E-state index is 0.274. The highest BCUT2D eigenvalue weighted by Gasteiger charge is 2.26. The zero-order chi connectivity index (χ0) is 20.4. The monoisotopic (exact) mass is 389 g/mol. The van der Waals surface area contributed by atoms with Crippen molar-refractivity contribution in [3.8, 4) is 17.4 Å². The number of carbonyl (C=O) groups excluding carboxylic acids is 1. The molecule has 2 heterocycles. The molecule has 29 heavy (non-hydrogen) atoms. The Morgan fingerprint density at radius 2 is 1.97 bits per heavy atom. The van der Waals surface area contributed by atoms with Crippen LogP contribution >= 0.6 is 0 Å². The van der Waals surface area contributed by atoms with Crippen LogP contribution in [-0.2, 0) is 0 Å². The van der Waals surface area contributed by atoms with E-state index in [1.54, 1.807) is 36.4 Å². The average molecular weight is 389 g/mol. The summed E-state index contributed by atoms with van der Waals surface area (Å²) in [5.74, 6) is -0.897. The van der Waals surface area contributed by atoms with Gasteiger partial charge in [0.25, 0.3) is 11.3 Å². The number of benzene rings is 2. The molecule has 0 aliphatic heterocycles. The van der Waals surface area contributed by atoms with Gasteiger partial charge in [0, 0.05) is 23.2 Å². The molecule has 0 amide bonds. The van der Waals surface area contributed by atoms with Crippen molar-refractivity contribution >= 4 is 22.8 Å². The zero-order valence-corrected chi connectivity index (χ0v) is 15.3. The predicted molar refractivity (Wildman–Crippen MR) is 102 cm³/mol. The van der Waals surface area contributed by atoms with Crippen LogP contribution in [0.15, 0.2) is 70.0 Å². The SMILES string of the molecule is COc1ccc(-[n+]2noc([O-])c2C(=O)/C=C/c2cc3ccccc3[nH]c2=O)cc1. The van der Waals surface area contributed by atoms with Crippen LogP contribution in [-0.4, -0.2) is 23.1 Å². The van der Waals surface area contributed by atoms with E-state index >= 15 is 0 Å². The van der Waals surface area contributed by atoms with E-state index in [9.17, 15) is 14.7 Å². The fraction of sp³-hybridized carbons (Fsp3) is 0.0476. The summed E-state index contributed by atoms with van der Waals surface area (Å²) in [6, 6.07) is 15.6. The summed E-state index contributed by atoms with van der Waals surface area (Å²) in [4.78, 5) is 27.6. The highest BCUT2D eigenvalue weighted by molar-refractivity contribution is 6.05. The first-order valence-electron chi connectivity index (χ1n) is 8.65. The normalized spacial score (nSPS) is 11.2. The lowest BCUT2D eigenvalue weighted by atomic mass is 10.1.